The van der Waals surface area contributed by atoms with Crippen LogP contribution < -0.4 is 21.3 Å². The molecule has 4 fully saturated rings. The fourth-order valence-corrected chi connectivity index (χ4v) is 7.89. The second-order valence-corrected chi connectivity index (χ2v) is 14.7. The van der Waals surface area contributed by atoms with Gasteiger partial charge in [0, 0.05) is 24.5 Å². The van der Waals surface area contributed by atoms with Crippen molar-refractivity contribution < 1.29 is 28.8 Å². The number of fused-ring (bicyclic) bond motifs is 1. The Balaban J connectivity index is 1.35. The first-order chi connectivity index (χ1) is 23.6. The molecule has 3 aliphatic carbocycles. The van der Waals surface area contributed by atoms with Crippen LogP contribution in [0.2, 0.25) is 0 Å². The van der Waals surface area contributed by atoms with Gasteiger partial charge in [-0.15, -0.1) is 0 Å². The Morgan fingerprint density at radius 3 is 2.24 bits per heavy atom. The molecule has 1 aromatic rings. The molecule has 2 heterocycles. The van der Waals surface area contributed by atoms with Crippen LogP contribution in [0, 0.1) is 17.8 Å². The summed E-state index contributed by atoms with van der Waals surface area (Å²) >= 11 is 0. The van der Waals surface area contributed by atoms with E-state index in [0.29, 0.717) is 19.3 Å². The van der Waals surface area contributed by atoms with Gasteiger partial charge >= 0.3 is 0 Å². The second-order valence-electron chi connectivity index (χ2n) is 14.7. The van der Waals surface area contributed by atoms with Crippen LogP contribution in [-0.2, 0) is 24.0 Å². The fourth-order valence-electron chi connectivity index (χ4n) is 7.89. The summed E-state index contributed by atoms with van der Waals surface area (Å²) in [5.41, 5.74) is 0.103. The van der Waals surface area contributed by atoms with Gasteiger partial charge in [0.25, 0.3) is 11.8 Å². The Kier molecular flexibility index (Phi) is 12.4. The lowest BCUT2D eigenvalue weighted by atomic mass is 9.83. The summed E-state index contributed by atoms with van der Waals surface area (Å²) in [6.07, 6.45) is 15.3. The number of amides is 5. The van der Waals surface area contributed by atoms with E-state index in [2.05, 4.69) is 31.2 Å². The molecule has 0 aromatic carbocycles. The first-order valence-electron chi connectivity index (χ1n) is 18.4. The minimum absolute atomic E-state index is 0.0155. The molecular weight excluding hydrogens is 626 g/mol. The summed E-state index contributed by atoms with van der Waals surface area (Å²) in [5, 5.41) is 11.5. The van der Waals surface area contributed by atoms with Crippen molar-refractivity contribution in [2.75, 3.05) is 0 Å². The maximum Gasteiger partial charge on any atom is 0.289 e. The molecule has 5 amide bonds. The molecule has 1 aromatic heterocycles. The third-order valence-corrected chi connectivity index (χ3v) is 10.7. The predicted octanol–water partition coefficient (Wildman–Crippen LogP) is 2.59. The van der Waals surface area contributed by atoms with Gasteiger partial charge in [0.05, 0.1) is 12.2 Å². The Morgan fingerprint density at radius 2 is 1.59 bits per heavy atom. The normalized spacial score (nSPS) is 24.2. The van der Waals surface area contributed by atoms with Crippen LogP contribution in [0.5, 0.6) is 0 Å². The van der Waals surface area contributed by atoms with E-state index in [1.807, 2.05) is 20.8 Å². The molecule has 49 heavy (non-hydrogen) atoms. The highest BCUT2D eigenvalue weighted by Gasteiger charge is 2.50. The highest BCUT2D eigenvalue weighted by molar-refractivity contribution is 6.38. The number of carbonyl (C=O) groups is 6. The number of nitrogens with one attached hydrogen (secondary N) is 4. The van der Waals surface area contributed by atoms with Crippen LogP contribution in [0.15, 0.2) is 18.6 Å². The zero-order valence-corrected chi connectivity index (χ0v) is 29.1. The highest BCUT2D eigenvalue weighted by Crippen LogP contribution is 2.40. The molecule has 0 radical (unpaired) electrons. The molecule has 4 aliphatic rings. The zero-order chi connectivity index (χ0) is 35.1. The van der Waals surface area contributed by atoms with Crippen molar-refractivity contribution in [1.82, 2.24) is 36.1 Å². The van der Waals surface area contributed by atoms with E-state index in [4.69, 9.17) is 0 Å². The molecule has 5 rings (SSSR count). The highest BCUT2D eigenvalue weighted by atomic mass is 16.2. The summed E-state index contributed by atoms with van der Waals surface area (Å²) in [4.78, 5) is 91.3. The van der Waals surface area contributed by atoms with Gasteiger partial charge in [0.15, 0.2) is 0 Å². The first kappa shape index (κ1) is 36.4. The van der Waals surface area contributed by atoms with Crippen molar-refractivity contribution >= 4 is 35.3 Å². The van der Waals surface area contributed by atoms with Gasteiger partial charge in [-0.2, -0.15) is 0 Å². The average Bonchev–Trinajstić information content (AvgIpc) is 3.84. The molecule has 13 heteroatoms. The van der Waals surface area contributed by atoms with E-state index < -0.39 is 53.6 Å². The zero-order valence-electron chi connectivity index (χ0n) is 29.1. The fraction of sp³-hybridized carbons (Fsp3) is 0.722. The van der Waals surface area contributed by atoms with E-state index >= 15 is 0 Å². The standard InChI is InChI=1S/C36H53N7O6/c1-4-10-25(31(44)35(48)39-24-15-16-24)40-33(46)28-19-23-13-8-9-14-27(23)43(28)36(49)29(21(2)3)41-34(47)30(22-11-6-5-7-12-22)42-32(45)26-20-37-17-18-38-26/h17-18,20-25,27-30H,4-16,19H2,1-3H3,(H,39,48)(H,40,46)(H,41,47)(H,42,45)/t23-,25?,27-,28+,29-,30-/m0/s1. The van der Waals surface area contributed by atoms with Crippen LogP contribution in [0.3, 0.4) is 0 Å². The SMILES string of the molecule is CCCC(NC(=O)[C@H]1C[C@@H]2CCCC[C@@H]2N1C(=O)[C@@H](NC(=O)[C@@H](NC(=O)c1cnccn1)C1CCCCC1)C(C)C)C(=O)C(=O)NC1CC1. The third-order valence-electron chi connectivity index (χ3n) is 10.7. The van der Waals surface area contributed by atoms with Crippen LogP contribution in [0.4, 0.5) is 0 Å². The van der Waals surface area contributed by atoms with Crippen molar-refractivity contribution in [2.24, 2.45) is 17.8 Å². The molecule has 4 N–H and O–H groups in total. The molecule has 13 nitrogen and oxygen atoms in total. The number of carbonyl (C=O) groups excluding carboxylic acids is 6. The van der Waals surface area contributed by atoms with Gasteiger partial charge in [-0.05, 0) is 69.1 Å². The van der Waals surface area contributed by atoms with Crippen molar-refractivity contribution in [2.45, 2.75) is 147 Å². The van der Waals surface area contributed by atoms with E-state index in [1.165, 1.54) is 18.6 Å². The number of hydrogen-bond acceptors (Lipinski definition) is 8. The monoisotopic (exact) mass is 679 g/mol. The lowest BCUT2D eigenvalue weighted by Gasteiger charge is -2.38. The van der Waals surface area contributed by atoms with Gasteiger partial charge in [-0.3, -0.25) is 33.8 Å². The van der Waals surface area contributed by atoms with Crippen molar-refractivity contribution in [1.29, 1.82) is 0 Å². The number of ketones is 1. The number of aromatic nitrogens is 2. The average molecular weight is 680 g/mol. The maximum atomic E-state index is 14.6. The number of likely N-dealkylation sites (tertiary alicyclic amines) is 1. The number of hydrogen-bond donors (Lipinski definition) is 4. The topological polar surface area (TPSA) is 180 Å². The van der Waals surface area contributed by atoms with E-state index in [9.17, 15) is 28.8 Å². The minimum Gasteiger partial charge on any atom is -0.347 e. The minimum atomic E-state index is -0.981. The smallest absolute Gasteiger partial charge is 0.289 e. The van der Waals surface area contributed by atoms with E-state index in [1.54, 1.807) is 4.90 Å². The van der Waals surface area contributed by atoms with Crippen molar-refractivity contribution in [3.05, 3.63) is 24.3 Å². The summed E-state index contributed by atoms with van der Waals surface area (Å²) in [7, 11) is 0. The Hall–Kier alpha value is -3.90. The van der Waals surface area contributed by atoms with Crippen LogP contribution in [-0.4, -0.2) is 86.4 Å². The predicted molar refractivity (Wildman–Crippen MR) is 181 cm³/mol. The molecule has 1 unspecified atom stereocenters. The first-order valence-corrected chi connectivity index (χ1v) is 18.4. The molecule has 0 spiro atoms. The number of nitrogens with zero attached hydrogens (tertiary/aromatic N) is 3. The van der Waals surface area contributed by atoms with Gasteiger partial charge in [-0.25, -0.2) is 4.98 Å². The second kappa shape index (κ2) is 16.7. The number of Topliss-reactive ketones (excluding diaryl/α,β-unsaturated/α-hetero) is 1. The third kappa shape index (κ3) is 9.02. The van der Waals surface area contributed by atoms with E-state index in [-0.39, 0.29) is 41.4 Å². The maximum absolute atomic E-state index is 14.6. The van der Waals surface area contributed by atoms with Gasteiger partial charge in [0.1, 0.15) is 23.8 Å². The molecule has 0 bridgehead atoms. The largest absolute Gasteiger partial charge is 0.347 e. The summed E-state index contributed by atoms with van der Waals surface area (Å²) in [6.45, 7) is 5.60. The van der Waals surface area contributed by atoms with Crippen LogP contribution in [0.1, 0.15) is 121 Å². The molecule has 268 valence electrons. The van der Waals surface area contributed by atoms with Crippen LogP contribution >= 0.6 is 0 Å². The summed E-state index contributed by atoms with van der Waals surface area (Å²) in [6, 6.07) is -3.78. The quantitative estimate of drug-likeness (QED) is 0.217. The Labute approximate surface area is 288 Å². The molecule has 1 saturated heterocycles. The molecular formula is C36H53N7O6. The molecule has 3 saturated carbocycles. The van der Waals surface area contributed by atoms with Crippen molar-refractivity contribution in [3.8, 4) is 0 Å². The Bertz CT molecular complexity index is 1360. The molecule has 6 atom stereocenters. The molecule has 1 aliphatic heterocycles. The lowest BCUT2D eigenvalue weighted by Crippen LogP contribution is -2.61. The number of rotatable bonds is 14. The Morgan fingerprint density at radius 1 is 0.878 bits per heavy atom. The van der Waals surface area contributed by atoms with Gasteiger partial charge in [0.2, 0.25) is 23.5 Å². The van der Waals surface area contributed by atoms with Gasteiger partial charge in [-0.1, -0.05) is 59.3 Å². The van der Waals surface area contributed by atoms with E-state index in [0.717, 1.165) is 70.6 Å². The van der Waals surface area contributed by atoms with Gasteiger partial charge < -0.3 is 26.2 Å². The lowest BCUT2D eigenvalue weighted by molar-refractivity contribution is -0.146. The summed E-state index contributed by atoms with van der Waals surface area (Å²) < 4.78 is 0. The summed E-state index contributed by atoms with van der Waals surface area (Å²) in [5.74, 6) is -3.38. The van der Waals surface area contributed by atoms with Crippen molar-refractivity contribution in [3.63, 3.8) is 0 Å². The van der Waals surface area contributed by atoms with Crippen LogP contribution in [0.25, 0.3) is 0 Å².